The van der Waals surface area contributed by atoms with E-state index >= 15 is 0 Å². The van der Waals surface area contributed by atoms with Crippen LogP contribution in [0.15, 0.2) is 60.7 Å². The molecule has 4 rings (SSSR count). The van der Waals surface area contributed by atoms with Crippen molar-refractivity contribution >= 4 is 28.2 Å². The van der Waals surface area contributed by atoms with Gasteiger partial charge >= 0.3 is 0 Å². The van der Waals surface area contributed by atoms with Crippen LogP contribution in [0.2, 0.25) is 0 Å². The normalized spacial score (nSPS) is 16.4. The third kappa shape index (κ3) is 2.80. The number of pyridine rings is 1. The Labute approximate surface area is 143 Å². The molecule has 1 aromatic heterocycles. The number of fused-ring (bicyclic) bond motifs is 2. The monoisotopic (exact) mass is 314 g/mol. The molecule has 1 aliphatic heterocycles. The van der Waals surface area contributed by atoms with Gasteiger partial charge in [-0.25, -0.2) is 4.98 Å². The van der Waals surface area contributed by atoms with Crippen LogP contribution in [-0.2, 0) is 0 Å². The van der Waals surface area contributed by atoms with E-state index in [2.05, 4.69) is 79.0 Å². The summed E-state index contributed by atoms with van der Waals surface area (Å²) in [4.78, 5) is 4.92. The van der Waals surface area contributed by atoms with Crippen LogP contribution in [0, 0.1) is 0 Å². The highest BCUT2D eigenvalue weighted by atomic mass is 14.9. The third-order valence-corrected chi connectivity index (χ3v) is 4.72. The van der Waals surface area contributed by atoms with Gasteiger partial charge in [0.2, 0.25) is 0 Å². The molecule has 0 fully saturated rings. The highest BCUT2D eigenvalue weighted by Gasteiger charge is 2.22. The minimum atomic E-state index is 0.327. The lowest BCUT2D eigenvalue weighted by molar-refractivity contribution is 0.688. The summed E-state index contributed by atoms with van der Waals surface area (Å²) in [5.74, 6) is 0. The molecule has 0 bridgehead atoms. The topological polar surface area (TPSA) is 24.9 Å². The second kappa shape index (κ2) is 6.48. The van der Waals surface area contributed by atoms with Crippen molar-refractivity contribution in [1.82, 2.24) is 4.98 Å². The Balaban J connectivity index is 1.80. The van der Waals surface area contributed by atoms with E-state index in [0.29, 0.717) is 6.04 Å². The summed E-state index contributed by atoms with van der Waals surface area (Å²) in [6.07, 6.45) is 5.86. The number of nitrogens with one attached hydrogen (secondary N) is 1. The number of nitrogens with zero attached hydrogens (tertiary/aromatic N) is 1. The fourth-order valence-electron chi connectivity index (χ4n) is 3.40. The van der Waals surface area contributed by atoms with Gasteiger partial charge in [-0.1, -0.05) is 62.2 Å². The van der Waals surface area contributed by atoms with Crippen molar-refractivity contribution in [2.45, 2.75) is 32.2 Å². The van der Waals surface area contributed by atoms with E-state index in [-0.39, 0.29) is 0 Å². The van der Waals surface area contributed by atoms with Crippen molar-refractivity contribution < 1.29 is 0 Å². The van der Waals surface area contributed by atoms with Crippen LogP contribution in [0.5, 0.6) is 0 Å². The molecule has 1 N–H and O–H groups in total. The first-order chi connectivity index (χ1) is 11.8. The average molecular weight is 314 g/mol. The molecule has 2 heterocycles. The maximum atomic E-state index is 4.92. The molecule has 1 atom stereocenters. The average Bonchev–Trinajstić information content (AvgIpc) is 2.65. The number of aromatic nitrogens is 1. The van der Waals surface area contributed by atoms with Crippen molar-refractivity contribution in [2.75, 3.05) is 5.32 Å². The van der Waals surface area contributed by atoms with Crippen LogP contribution in [0.4, 0.5) is 5.69 Å². The van der Waals surface area contributed by atoms with E-state index in [0.717, 1.165) is 17.6 Å². The van der Waals surface area contributed by atoms with Gasteiger partial charge in [0.15, 0.2) is 0 Å². The highest BCUT2D eigenvalue weighted by Crippen LogP contribution is 2.34. The fourth-order valence-corrected chi connectivity index (χ4v) is 3.40. The Bertz CT molecular complexity index is 895. The van der Waals surface area contributed by atoms with Gasteiger partial charge in [-0.05, 0) is 36.3 Å². The van der Waals surface area contributed by atoms with Gasteiger partial charge in [0.25, 0.3) is 0 Å². The third-order valence-electron chi connectivity index (χ3n) is 4.72. The summed E-state index contributed by atoms with van der Waals surface area (Å²) in [6, 6.07) is 21.5. The maximum absolute atomic E-state index is 4.92. The Hall–Kier alpha value is -2.61. The number of rotatable bonds is 4. The van der Waals surface area contributed by atoms with Crippen LogP contribution >= 0.6 is 0 Å². The van der Waals surface area contributed by atoms with E-state index in [1.807, 2.05) is 0 Å². The lowest BCUT2D eigenvalue weighted by Crippen LogP contribution is -2.25. The molecule has 0 radical (unpaired) electrons. The molecular formula is C22H22N2. The molecule has 0 saturated carbocycles. The molecule has 0 spiro atoms. The van der Waals surface area contributed by atoms with E-state index in [9.17, 15) is 0 Å². The molecule has 24 heavy (non-hydrogen) atoms. The van der Waals surface area contributed by atoms with Crippen LogP contribution in [-0.4, -0.2) is 11.0 Å². The number of benzene rings is 2. The predicted octanol–water partition coefficient (Wildman–Crippen LogP) is 5.76. The predicted molar refractivity (Wildman–Crippen MR) is 103 cm³/mol. The fraction of sp³-hybridized carbons (Fsp3) is 0.227. The molecule has 0 saturated heterocycles. The largest absolute Gasteiger partial charge is 0.378 e. The van der Waals surface area contributed by atoms with Gasteiger partial charge in [-0.15, -0.1) is 0 Å². The van der Waals surface area contributed by atoms with Gasteiger partial charge in [-0.2, -0.15) is 0 Å². The van der Waals surface area contributed by atoms with Crippen molar-refractivity contribution in [2.24, 2.45) is 0 Å². The molecular weight excluding hydrogens is 292 g/mol. The number of para-hydroxylation sites is 2. The summed E-state index contributed by atoms with van der Waals surface area (Å²) in [5.41, 5.74) is 5.91. The number of hydrogen-bond donors (Lipinski definition) is 1. The molecule has 3 aromatic rings. The zero-order valence-corrected chi connectivity index (χ0v) is 14.0. The minimum absolute atomic E-state index is 0.327. The van der Waals surface area contributed by atoms with Crippen LogP contribution < -0.4 is 5.32 Å². The van der Waals surface area contributed by atoms with Gasteiger partial charge in [0, 0.05) is 16.6 Å². The van der Waals surface area contributed by atoms with E-state index < -0.39 is 0 Å². The van der Waals surface area contributed by atoms with Crippen molar-refractivity contribution in [3.8, 4) is 0 Å². The summed E-state index contributed by atoms with van der Waals surface area (Å²) < 4.78 is 0. The summed E-state index contributed by atoms with van der Waals surface area (Å²) >= 11 is 0. The van der Waals surface area contributed by atoms with Gasteiger partial charge < -0.3 is 5.32 Å². The van der Waals surface area contributed by atoms with Crippen molar-refractivity contribution in [1.29, 1.82) is 0 Å². The first-order valence-corrected chi connectivity index (χ1v) is 8.78. The number of unbranched alkanes of at least 4 members (excludes halogenated alkanes) is 1. The van der Waals surface area contributed by atoms with Gasteiger partial charge in [-0.3, -0.25) is 0 Å². The molecule has 2 nitrogen and oxygen atoms in total. The van der Waals surface area contributed by atoms with Gasteiger partial charge in [0.05, 0.1) is 17.3 Å². The highest BCUT2D eigenvalue weighted by molar-refractivity contribution is 5.93. The Morgan fingerprint density at radius 1 is 0.958 bits per heavy atom. The first kappa shape index (κ1) is 14.9. The Kier molecular flexibility index (Phi) is 4.04. The number of hydrogen-bond acceptors (Lipinski definition) is 2. The molecule has 0 aliphatic carbocycles. The quantitative estimate of drug-likeness (QED) is 0.662. The molecule has 2 heteroatoms. The molecule has 120 valence electrons. The summed E-state index contributed by atoms with van der Waals surface area (Å²) in [6.45, 7) is 2.24. The lowest BCUT2D eigenvalue weighted by atomic mass is 9.91. The standard InChI is InChI=1S/C22H22N2/c1-2-3-10-21-18(15-17-9-5-7-12-20(17)24-21)22-14-13-16-8-4-6-11-19(16)23-22/h4-9,11-15,21,24H,2-3,10H2,1H3. The zero-order valence-electron chi connectivity index (χ0n) is 14.0. The molecule has 0 amide bonds. The maximum Gasteiger partial charge on any atom is 0.0709 e. The molecule has 2 aromatic carbocycles. The smallest absolute Gasteiger partial charge is 0.0709 e. The van der Waals surface area contributed by atoms with Crippen molar-refractivity contribution in [3.63, 3.8) is 0 Å². The Morgan fingerprint density at radius 2 is 1.79 bits per heavy atom. The SMILES string of the molecule is CCCCC1Nc2ccccc2C=C1c1ccc2ccccc2n1. The zero-order chi connectivity index (χ0) is 16.4. The minimum Gasteiger partial charge on any atom is -0.378 e. The van der Waals surface area contributed by atoms with Gasteiger partial charge in [0.1, 0.15) is 0 Å². The summed E-state index contributed by atoms with van der Waals surface area (Å²) in [5, 5.41) is 4.91. The number of anilines is 1. The summed E-state index contributed by atoms with van der Waals surface area (Å²) in [7, 11) is 0. The van der Waals surface area contributed by atoms with Crippen LogP contribution in [0.3, 0.4) is 0 Å². The lowest BCUT2D eigenvalue weighted by Gasteiger charge is -2.28. The second-order valence-electron chi connectivity index (χ2n) is 6.42. The van der Waals surface area contributed by atoms with Crippen LogP contribution in [0.25, 0.3) is 22.6 Å². The molecule has 1 aliphatic rings. The van der Waals surface area contributed by atoms with E-state index in [4.69, 9.17) is 4.98 Å². The Morgan fingerprint density at radius 3 is 2.71 bits per heavy atom. The van der Waals surface area contributed by atoms with E-state index in [1.165, 1.54) is 35.1 Å². The van der Waals surface area contributed by atoms with E-state index in [1.54, 1.807) is 0 Å². The van der Waals surface area contributed by atoms with Crippen molar-refractivity contribution in [3.05, 3.63) is 71.9 Å². The first-order valence-electron chi connectivity index (χ1n) is 8.78. The second-order valence-corrected chi connectivity index (χ2v) is 6.42. The van der Waals surface area contributed by atoms with Crippen LogP contribution in [0.1, 0.15) is 37.4 Å². The molecule has 1 unspecified atom stereocenters.